The minimum absolute atomic E-state index is 0.110. The molecular formula is C12H16FNO4. The van der Waals surface area contributed by atoms with Crippen LogP contribution >= 0.6 is 0 Å². The molecule has 1 rings (SSSR count). The van der Waals surface area contributed by atoms with Gasteiger partial charge in [-0.15, -0.1) is 0 Å². The molecule has 18 heavy (non-hydrogen) atoms. The van der Waals surface area contributed by atoms with Crippen LogP contribution in [0.2, 0.25) is 0 Å². The summed E-state index contributed by atoms with van der Waals surface area (Å²) >= 11 is 0. The molecule has 0 heterocycles. The molecule has 0 fully saturated rings. The molecule has 5 nitrogen and oxygen atoms in total. The summed E-state index contributed by atoms with van der Waals surface area (Å²) in [5.74, 6) is -1.68. The fourth-order valence-corrected chi connectivity index (χ4v) is 1.41. The van der Waals surface area contributed by atoms with Crippen molar-refractivity contribution in [2.75, 3.05) is 20.0 Å². The third kappa shape index (κ3) is 2.64. The van der Waals surface area contributed by atoms with Gasteiger partial charge in [-0.3, -0.25) is 0 Å². The van der Waals surface area contributed by atoms with Crippen LogP contribution in [0.25, 0.3) is 0 Å². The van der Waals surface area contributed by atoms with Crippen LogP contribution in [-0.4, -0.2) is 26.3 Å². The van der Waals surface area contributed by atoms with Gasteiger partial charge >= 0.3 is 5.97 Å². The number of anilines is 1. The Morgan fingerprint density at radius 1 is 1.28 bits per heavy atom. The Hall–Kier alpha value is -1.98. The average Bonchev–Trinajstić information content (AvgIpc) is 2.28. The minimum Gasteiger partial charge on any atom is -0.494 e. The number of benzene rings is 1. The molecule has 0 bridgehead atoms. The van der Waals surface area contributed by atoms with Gasteiger partial charge in [0.25, 0.3) is 0 Å². The van der Waals surface area contributed by atoms with Gasteiger partial charge in [-0.2, -0.15) is 0 Å². The van der Waals surface area contributed by atoms with Crippen LogP contribution in [0.3, 0.4) is 0 Å². The lowest BCUT2D eigenvalue weighted by atomic mass is 10.1. The van der Waals surface area contributed by atoms with Gasteiger partial charge in [0.15, 0.2) is 11.6 Å². The second kappa shape index (κ2) is 5.57. The number of carbonyl (C=O) groups excluding carboxylic acids is 1. The Morgan fingerprint density at radius 2 is 1.83 bits per heavy atom. The van der Waals surface area contributed by atoms with E-state index in [2.05, 4.69) is 0 Å². The molecule has 0 saturated carbocycles. The zero-order valence-electron chi connectivity index (χ0n) is 10.7. The highest BCUT2D eigenvalue weighted by Gasteiger charge is 2.25. The quantitative estimate of drug-likeness (QED) is 0.659. The maximum Gasteiger partial charge on any atom is 0.343 e. The van der Waals surface area contributed by atoms with Crippen LogP contribution < -0.4 is 15.2 Å². The fraction of sp³-hybridized carbons (Fsp3) is 0.417. The van der Waals surface area contributed by atoms with Gasteiger partial charge in [-0.1, -0.05) is 0 Å². The summed E-state index contributed by atoms with van der Waals surface area (Å²) in [4.78, 5) is 11.8. The number of nitrogen functional groups attached to an aromatic ring is 1. The Kier molecular flexibility index (Phi) is 4.36. The maximum atomic E-state index is 14.0. The topological polar surface area (TPSA) is 70.8 Å². The van der Waals surface area contributed by atoms with Crippen molar-refractivity contribution in [1.82, 2.24) is 0 Å². The van der Waals surface area contributed by atoms with Gasteiger partial charge in [0, 0.05) is 6.07 Å². The largest absolute Gasteiger partial charge is 0.494 e. The third-order valence-corrected chi connectivity index (χ3v) is 2.22. The van der Waals surface area contributed by atoms with E-state index in [-0.39, 0.29) is 28.9 Å². The molecule has 0 amide bonds. The molecule has 0 aliphatic heterocycles. The second-order valence-corrected chi connectivity index (χ2v) is 3.84. The molecule has 0 spiro atoms. The van der Waals surface area contributed by atoms with Crippen molar-refractivity contribution in [3.05, 3.63) is 17.4 Å². The zero-order valence-corrected chi connectivity index (χ0v) is 10.7. The molecule has 0 radical (unpaired) electrons. The second-order valence-electron chi connectivity index (χ2n) is 3.84. The lowest BCUT2D eigenvalue weighted by molar-refractivity contribution is 0.0373. The van der Waals surface area contributed by atoms with Crippen molar-refractivity contribution in [3.63, 3.8) is 0 Å². The lowest BCUT2D eigenvalue weighted by Crippen LogP contribution is -2.16. The SMILES string of the molecule is COc1cc(OC)c(F)c(C(=O)OC(C)C)c1N. The number of esters is 1. The van der Waals surface area contributed by atoms with E-state index in [1.165, 1.54) is 20.3 Å². The molecule has 1 aromatic rings. The number of methoxy groups -OCH3 is 2. The number of halogens is 1. The highest BCUT2D eigenvalue weighted by molar-refractivity contribution is 5.97. The number of rotatable bonds is 4. The first-order valence-electron chi connectivity index (χ1n) is 5.33. The molecular weight excluding hydrogens is 241 g/mol. The molecule has 0 aromatic heterocycles. The van der Waals surface area contributed by atoms with Crippen molar-refractivity contribution >= 4 is 11.7 Å². The average molecular weight is 257 g/mol. The van der Waals surface area contributed by atoms with Crippen molar-refractivity contribution in [3.8, 4) is 11.5 Å². The van der Waals surface area contributed by atoms with E-state index in [9.17, 15) is 9.18 Å². The predicted molar refractivity (Wildman–Crippen MR) is 64.5 cm³/mol. The van der Waals surface area contributed by atoms with Gasteiger partial charge in [-0.25, -0.2) is 9.18 Å². The fourth-order valence-electron chi connectivity index (χ4n) is 1.41. The van der Waals surface area contributed by atoms with Crippen molar-refractivity contribution in [2.45, 2.75) is 20.0 Å². The molecule has 0 aliphatic rings. The Morgan fingerprint density at radius 3 is 2.28 bits per heavy atom. The Bertz CT molecular complexity index is 432. The number of hydrogen-bond acceptors (Lipinski definition) is 5. The first-order valence-corrected chi connectivity index (χ1v) is 5.33. The standard InChI is InChI=1S/C12H16FNO4/c1-6(2)18-12(15)9-10(13)7(16-3)5-8(17-4)11(9)14/h5-6H,14H2,1-4H3. The molecule has 2 N–H and O–H groups in total. The Labute approximate surface area is 105 Å². The smallest absolute Gasteiger partial charge is 0.343 e. The van der Waals surface area contributed by atoms with Gasteiger partial charge in [0.1, 0.15) is 11.3 Å². The van der Waals surface area contributed by atoms with Crippen LogP contribution in [-0.2, 0) is 4.74 Å². The van der Waals surface area contributed by atoms with E-state index >= 15 is 0 Å². The van der Waals surface area contributed by atoms with Crippen LogP contribution in [0.15, 0.2) is 6.07 Å². The first-order chi connectivity index (χ1) is 8.42. The van der Waals surface area contributed by atoms with Crippen LogP contribution in [0.1, 0.15) is 24.2 Å². The van der Waals surface area contributed by atoms with Gasteiger partial charge in [0.05, 0.1) is 26.0 Å². The van der Waals surface area contributed by atoms with Crippen molar-refractivity contribution in [2.24, 2.45) is 0 Å². The van der Waals surface area contributed by atoms with Gasteiger partial charge < -0.3 is 19.9 Å². The summed E-state index contributed by atoms with van der Waals surface area (Å²) in [5.41, 5.74) is 5.19. The highest BCUT2D eigenvalue weighted by Crippen LogP contribution is 2.35. The van der Waals surface area contributed by atoms with E-state index in [1.54, 1.807) is 13.8 Å². The van der Waals surface area contributed by atoms with Crippen LogP contribution in [0, 0.1) is 5.82 Å². The van der Waals surface area contributed by atoms with E-state index in [4.69, 9.17) is 19.9 Å². The summed E-state index contributed by atoms with van der Waals surface area (Å²) in [5, 5.41) is 0. The summed E-state index contributed by atoms with van der Waals surface area (Å²) in [6.45, 7) is 3.31. The highest BCUT2D eigenvalue weighted by atomic mass is 19.1. The molecule has 0 atom stereocenters. The lowest BCUT2D eigenvalue weighted by Gasteiger charge is -2.15. The van der Waals surface area contributed by atoms with E-state index < -0.39 is 11.8 Å². The van der Waals surface area contributed by atoms with E-state index in [0.29, 0.717) is 0 Å². The summed E-state index contributed by atoms with van der Waals surface area (Å²) < 4.78 is 28.7. The molecule has 0 aliphatic carbocycles. The minimum atomic E-state index is -0.860. The summed E-state index contributed by atoms with van der Waals surface area (Å²) in [6, 6.07) is 1.27. The first kappa shape index (κ1) is 14.1. The van der Waals surface area contributed by atoms with E-state index in [0.717, 1.165) is 0 Å². The molecule has 0 unspecified atom stereocenters. The predicted octanol–water partition coefficient (Wildman–Crippen LogP) is 1.99. The number of ether oxygens (including phenoxy) is 3. The summed E-state index contributed by atoms with van der Waals surface area (Å²) in [6.07, 6.45) is -0.381. The van der Waals surface area contributed by atoms with Crippen LogP contribution in [0.5, 0.6) is 11.5 Å². The molecule has 1 aromatic carbocycles. The Balaban J connectivity index is 3.36. The van der Waals surface area contributed by atoms with Crippen molar-refractivity contribution in [1.29, 1.82) is 0 Å². The zero-order chi connectivity index (χ0) is 13.9. The number of hydrogen-bond donors (Lipinski definition) is 1. The molecule has 0 saturated heterocycles. The number of nitrogens with two attached hydrogens (primary N) is 1. The molecule has 100 valence electrons. The number of carbonyl (C=O) groups is 1. The van der Waals surface area contributed by atoms with Crippen molar-refractivity contribution < 1.29 is 23.4 Å². The normalized spacial score (nSPS) is 10.3. The van der Waals surface area contributed by atoms with E-state index in [1.807, 2.05) is 0 Å². The maximum absolute atomic E-state index is 14.0. The van der Waals surface area contributed by atoms with Gasteiger partial charge in [0.2, 0.25) is 0 Å². The van der Waals surface area contributed by atoms with Crippen LogP contribution in [0.4, 0.5) is 10.1 Å². The summed E-state index contributed by atoms with van der Waals surface area (Å²) in [7, 11) is 2.65. The third-order valence-electron chi connectivity index (χ3n) is 2.22. The monoisotopic (exact) mass is 257 g/mol. The van der Waals surface area contributed by atoms with Gasteiger partial charge in [-0.05, 0) is 13.8 Å². The molecule has 6 heteroatoms.